The van der Waals surface area contributed by atoms with Gasteiger partial charge in [-0.1, -0.05) is 43.3 Å². The van der Waals surface area contributed by atoms with Crippen molar-refractivity contribution >= 4 is 63.3 Å². The van der Waals surface area contributed by atoms with E-state index in [1.54, 1.807) is 0 Å². The average Bonchev–Trinajstić information content (AvgIpc) is 3.28. The summed E-state index contributed by atoms with van der Waals surface area (Å²) in [5.41, 5.74) is 0. The van der Waals surface area contributed by atoms with Crippen molar-refractivity contribution in [3.63, 3.8) is 0 Å². The Labute approximate surface area is 184 Å². The van der Waals surface area contributed by atoms with E-state index in [1.165, 1.54) is 21.5 Å². The van der Waals surface area contributed by atoms with Crippen LogP contribution in [0.5, 0.6) is 0 Å². The summed E-state index contributed by atoms with van der Waals surface area (Å²) in [6.07, 6.45) is 11.0. The van der Waals surface area contributed by atoms with Gasteiger partial charge in [-0.3, -0.25) is 6.08 Å². The van der Waals surface area contributed by atoms with Gasteiger partial charge in [-0.15, -0.1) is 71.0 Å². The van der Waals surface area contributed by atoms with Crippen molar-refractivity contribution in [3.8, 4) is 0 Å². The first-order valence-corrected chi connectivity index (χ1v) is 12.8. The van der Waals surface area contributed by atoms with Crippen LogP contribution in [0.4, 0.5) is 0 Å². The molecule has 0 amide bonds. The van der Waals surface area contributed by atoms with Gasteiger partial charge in [-0.2, -0.15) is 12.5 Å². The molecule has 4 rings (SSSR count). The summed E-state index contributed by atoms with van der Waals surface area (Å²) in [7, 11) is 8.11. The quantitative estimate of drug-likeness (QED) is 0.244. The Morgan fingerprint density at radius 3 is 1.81 bits per heavy atom. The summed E-state index contributed by atoms with van der Waals surface area (Å²) in [5, 5.41) is 5.39. The number of rotatable bonds is 0. The molecule has 3 aromatic carbocycles. The average molecular weight is 458 g/mol. The van der Waals surface area contributed by atoms with Crippen LogP contribution in [0.25, 0.3) is 21.5 Å². The molecule has 0 aliphatic heterocycles. The fourth-order valence-electron chi connectivity index (χ4n) is 2.24. The second-order valence-electron chi connectivity index (χ2n) is 4.92. The van der Waals surface area contributed by atoms with Gasteiger partial charge in [0.05, 0.1) is 0 Å². The molecule has 1 aliphatic rings. The standard InChI is InChI=1S/C13H9.C5H5.C3H7.3ClH.Si.Ti/c1-3-7-12-10(5-1)9-11-6-2-4-8-13(11)12;1-2-4-5-3-1;1-3-2;;;;;/h1-9H;1-3H,4H2;1,3H2,2H3;3*1H;;/q3*-1;;;;;+1/p-1. The molecule has 139 valence electrons. The SMILES string of the molecule is Cl.Cl.[C-]1=CC=CC1.[CH2-]CC.[Si]=[Ti][Cl].c1ccc2c(c1)[cH-]c1ccccc12. The van der Waals surface area contributed by atoms with E-state index in [9.17, 15) is 0 Å². The van der Waals surface area contributed by atoms with Crippen LogP contribution in [-0.2, 0) is 16.8 Å². The van der Waals surface area contributed by atoms with Gasteiger partial charge in [0, 0.05) is 0 Å². The topological polar surface area (TPSA) is 0 Å². The molecule has 0 unspecified atom stereocenters. The summed E-state index contributed by atoms with van der Waals surface area (Å²) >= 11 is -0.222. The maximum absolute atomic E-state index is 5.04. The van der Waals surface area contributed by atoms with E-state index in [4.69, 9.17) is 9.30 Å². The van der Waals surface area contributed by atoms with Crippen LogP contribution in [0.3, 0.4) is 0 Å². The summed E-state index contributed by atoms with van der Waals surface area (Å²) in [6.45, 7) is 5.50. The van der Waals surface area contributed by atoms with Crippen LogP contribution in [0.2, 0.25) is 0 Å². The van der Waals surface area contributed by atoms with E-state index in [2.05, 4.69) is 81.3 Å². The number of halogens is 3. The fourth-order valence-corrected chi connectivity index (χ4v) is 2.24. The van der Waals surface area contributed by atoms with Gasteiger partial charge in [0.25, 0.3) is 0 Å². The molecule has 5 heteroatoms. The number of hydrogen-bond acceptors (Lipinski definition) is 0. The minimum atomic E-state index is -0.222. The predicted octanol–water partition coefficient (Wildman–Crippen LogP) is 7.40. The number of fused-ring (bicyclic) bond motifs is 3. The van der Waals surface area contributed by atoms with Gasteiger partial charge in [-0.05, 0) is 0 Å². The van der Waals surface area contributed by atoms with Gasteiger partial charge in [0.1, 0.15) is 0 Å². The van der Waals surface area contributed by atoms with Gasteiger partial charge >= 0.3 is 33.8 Å². The molecule has 0 nitrogen and oxygen atoms in total. The molecule has 0 saturated heterocycles. The Morgan fingerprint density at radius 2 is 1.50 bits per heavy atom. The molecule has 0 spiro atoms. The van der Waals surface area contributed by atoms with Crippen LogP contribution in [0.15, 0.2) is 72.8 Å². The fraction of sp³-hybridized carbons (Fsp3) is 0.143. The van der Waals surface area contributed by atoms with Crippen molar-refractivity contribution in [2.24, 2.45) is 0 Å². The second kappa shape index (κ2) is 18.0. The van der Waals surface area contributed by atoms with E-state index in [1.807, 2.05) is 19.1 Å². The molecule has 0 bridgehead atoms. The van der Waals surface area contributed by atoms with E-state index in [0.29, 0.717) is 0 Å². The zero-order valence-corrected chi connectivity index (χ0v) is 19.7. The first-order valence-electron chi connectivity index (χ1n) is 7.85. The Bertz CT molecular complexity index is 734. The molecule has 0 atom stereocenters. The zero-order chi connectivity index (χ0) is 17.6. The molecule has 1 aliphatic carbocycles. The van der Waals surface area contributed by atoms with Crippen molar-refractivity contribution in [3.05, 3.63) is 85.8 Å². The van der Waals surface area contributed by atoms with Crippen molar-refractivity contribution in [2.45, 2.75) is 19.8 Å². The number of allylic oxidation sites excluding steroid dienone is 4. The first kappa shape index (κ1) is 27.8. The number of benzene rings is 2. The first-order chi connectivity index (χ1) is 11.8. The molecule has 0 aromatic heterocycles. The van der Waals surface area contributed by atoms with Crippen LogP contribution in [0, 0.1) is 13.0 Å². The van der Waals surface area contributed by atoms with Crippen molar-refractivity contribution < 1.29 is 16.8 Å². The third-order valence-electron chi connectivity index (χ3n) is 3.11. The molecule has 3 aromatic rings. The van der Waals surface area contributed by atoms with E-state index >= 15 is 0 Å². The van der Waals surface area contributed by atoms with Gasteiger partial charge < -0.3 is 6.92 Å². The Hall–Kier alpha value is -0.409. The molecule has 0 fully saturated rings. The smallest absolute Gasteiger partial charge is 0.0771 e. The molecule has 0 saturated carbocycles. The molecule has 0 N–H and O–H groups in total. The zero-order valence-electron chi connectivity index (χ0n) is 14.7. The molecule has 26 heavy (non-hydrogen) atoms. The van der Waals surface area contributed by atoms with Crippen molar-refractivity contribution in [2.75, 3.05) is 0 Å². The van der Waals surface area contributed by atoms with Crippen LogP contribution < -0.4 is 0 Å². The molecular formula is C21H23Cl3SiTi-3. The van der Waals surface area contributed by atoms with Crippen LogP contribution in [0.1, 0.15) is 19.8 Å². The molecule has 2 radical (unpaired) electrons. The third kappa shape index (κ3) is 10.1. The Morgan fingerprint density at radius 1 is 1.08 bits per heavy atom. The maximum Gasteiger partial charge on any atom is -0.0771 e. The Balaban J connectivity index is 0. The van der Waals surface area contributed by atoms with Crippen molar-refractivity contribution in [1.82, 2.24) is 0 Å². The maximum atomic E-state index is 5.04. The normalized spacial score (nSPS) is 9.96. The summed E-state index contributed by atoms with van der Waals surface area (Å²) in [4.78, 5) is 0. The largest absolute Gasteiger partial charge is 0.126 e. The third-order valence-corrected chi connectivity index (χ3v) is 3.11. The Kier molecular flexibility index (Phi) is 19.2. The van der Waals surface area contributed by atoms with Crippen LogP contribution in [-0.4, -0.2) is 7.63 Å². The summed E-state index contributed by atoms with van der Waals surface area (Å²) in [5.74, 6) is 0. The second-order valence-corrected chi connectivity index (χ2v) is 8.33. The minimum absolute atomic E-state index is 0. The minimum Gasteiger partial charge on any atom is -0.126 e. The van der Waals surface area contributed by atoms with E-state index < -0.39 is 0 Å². The molecular weight excluding hydrogens is 435 g/mol. The summed E-state index contributed by atoms with van der Waals surface area (Å²) < 4.78 is 0. The van der Waals surface area contributed by atoms with Crippen molar-refractivity contribution in [1.29, 1.82) is 0 Å². The van der Waals surface area contributed by atoms with Gasteiger partial charge in [0.2, 0.25) is 0 Å². The monoisotopic (exact) mass is 456 g/mol. The predicted molar refractivity (Wildman–Crippen MR) is 120 cm³/mol. The van der Waals surface area contributed by atoms with Gasteiger partial charge in [-0.25, -0.2) is 12.2 Å². The summed E-state index contributed by atoms with van der Waals surface area (Å²) in [6, 6.07) is 19.3. The van der Waals surface area contributed by atoms with E-state index in [0.717, 1.165) is 12.8 Å². The van der Waals surface area contributed by atoms with E-state index in [-0.39, 0.29) is 41.6 Å². The van der Waals surface area contributed by atoms with Gasteiger partial charge in [0.15, 0.2) is 0 Å². The van der Waals surface area contributed by atoms with Crippen LogP contribution >= 0.6 is 34.1 Å². The number of hydrogen-bond donors (Lipinski definition) is 0. The molecule has 0 heterocycles.